The molecule has 0 spiro atoms. The monoisotopic (exact) mass is 385 g/mol. The minimum absolute atomic E-state index is 0.00664. The molecule has 0 saturated carbocycles. The maximum atomic E-state index is 12.4. The summed E-state index contributed by atoms with van der Waals surface area (Å²) in [5.41, 5.74) is 1.06. The third-order valence-electron chi connectivity index (χ3n) is 5.18. The lowest BCUT2D eigenvalue weighted by Crippen LogP contribution is -2.52. The van der Waals surface area contributed by atoms with E-state index in [9.17, 15) is 4.79 Å². The highest BCUT2D eigenvalue weighted by Gasteiger charge is 2.21. The Morgan fingerprint density at radius 3 is 2.50 bits per heavy atom. The molecule has 1 aromatic carbocycles. The topological polar surface area (TPSA) is 62.6 Å². The summed E-state index contributed by atoms with van der Waals surface area (Å²) in [6.07, 6.45) is 3.93. The van der Waals surface area contributed by atoms with Gasteiger partial charge in [0.1, 0.15) is 11.6 Å². The summed E-state index contributed by atoms with van der Waals surface area (Å²) in [4.78, 5) is 21.2. The van der Waals surface area contributed by atoms with E-state index in [0.29, 0.717) is 12.5 Å². The van der Waals surface area contributed by atoms with Gasteiger partial charge >= 0.3 is 6.03 Å². The Kier molecular flexibility index (Phi) is 6.92. The molecule has 28 heavy (non-hydrogen) atoms. The van der Waals surface area contributed by atoms with Gasteiger partial charge in [-0.1, -0.05) is 26.0 Å². The van der Waals surface area contributed by atoms with Crippen LogP contribution in [0.1, 0.15) is 31.2 Å². The van der Waals surface area contributed by atoms with Crippen LogP contribution in [0.5, 0.6) is 5.75 Å². The molecule has 1 aliphatic rings. The number of carbonyl (C=O) groups is 1. The number of methoxy groups -OCH3 is 1. The van der Waals surface area contributed by atoms with E-state index in [-0.39, 0.29) is 6.03 Å². The van der Waals surface area contributed by atoms with Crippen LogP contribution >= 0.6 is 0 Å². The summed E-state index contributed by atoms with van der Waals surface area (Å²) in [5, 5.41) is 3.01. The first-order valence-corrected chi connectivity index (χ1v) is 9.96. The summed E-state index contributed by atoms with van der Waals surface area (Å²) < 4.78 is 7.39. The number of urea groups is 1. The van der Waals surface area contributed by atoms with Crippen LogP contribution < -0.4 is 10.1 Å². The molecule has 1 aliphatic heterocycles. The Balaban J connectivity index is 1.39. The van der Waals surface area contributed by atoms with Gasteiger partial charge in [-0.3, -0.25) is 4.90 Å². The van der Waals surface area contributed by atoms with Crippen molar-refractivity contribution in [2.24, 2.45) is 0 Å². The maximum Gasteiger partial charge on any atom is 0.317 e. The van der Waals surface area contributed by atoms with Crippen molar-refractivity contribution < 1.29 is 9.53 Å². The number of benzene rings is 1. The van der Waals surface area contributed by atoms with Gasteiger partial charge < -0.3 is 19.5 Å². The number of aromatic nitrogens is 2. The molecule has 2 amide bonds. The van der Waals surface area contributed by atoms with Crippen molar-refractivity contribution in [1.82, 2.24) is 24.7 Å². The van der Waals surface area contributed by atoms with Crippen LogP contribution in [0.2, 0.25) is 0 Å². The Bertz CT molecular complexity index is 748. The largest absolute Gasteiger partial charge is 0.497 e. The minimum atomic E-state index is 0.00664. The van der Waals surface area contributed by atoms with Crippen LogP contribution in [0, 0.1) is 0 Å². The van der Waals surface area contributed by atoms with Gasteiger partial charge in [-0.05, 0) is 17.7 Å². The second-order valence-corrected chi connectivity index (χ2v) is 7.47. The first-order chi connectivity index (χ1) is 13.6. The number of nitrogens with one attached hydrogen (secondary N) is 1. The molecular formula is C21H31N5O2. The first kappa shape index (κ1) is 20.2. The fourth-order valence-electron chi connectivity index (χ4n) is 3.47. The van der Waals surface area contributed by atoms with Gasteiger partial charge in [0.2, 0.25) is 0 Å². The Morgan fingerprint density at radius 1 is 1.14 bits per heavy atom. The number of carbonyl (C=O) groups excluding carboxylic acids is 1. The lowest BCUT2D eigenvalue weighted by Gasteiger charge is -2.34. The van der Waals surface area contributed by atoms with E-state index < -0.39 is 0 Å². The highest BCUT2D eigenvalue weighted by molar-refractivity contribution is 5.74. The normalized spacial score (nSPS) is 15.1. The number of nitrogens with zero attached hydrogens (tertiary/aromatic N) is 4. The van der Waals surface area contributed by atoms with E-state index >= 15 is 0 Å². The zero-order valence-electron chi connectivity index (χ0n) is 17.1. The van der Waals surface area contributed by atoms with Crippen LogP contribution in [-0.2, 0) is 13.1 Å². The third kappa shape index (κ3) is 5.25. The molecule has 3 rings (SSSR count). The predicted octanol–water partition coefficient (Wildman–Crippen LogP) is 2.54. The number of hydrogen-bond acceptors (Lipinski definition) is 4. The lowest BCUT2D eigenvalue weighted by molar-refractivity contribution is 0.136. The van der Waals surface area contributed by atoms with Crippen molar-refractivity contribution in [1.29, 1.82) is 0 Å². The number of hydrogen-bond donors (Lipinski definition) is 1. The van der Waals surface area contributed by atoms with Crippen LogP contribution in [0.25, 0.3) is 0 Å². The number of imidazole rings is 1. The summed E-state index contributed by atoms with van der Waals surface area (Å²) in [5.74, 6) is 2.39. The summed E-state index contributed by atoms with van der Waals surface area (Å²) >= 11 is 0. The Hall–Kier alpha value is -2.54. The van der Waals surface area contributed by atoms with E-state index in [0.717, 1.165) is 56.4 Å². The molecule has 0 aliphatic carbocycles. The molecule has 7 nitrogen and oxygen atoms in total. The molecule has 0 atom stereocenters. The van der Waals surface area contributed by atoms with E-state index in [1.807, 2.05) is 35.4 Å². The number of ether oxygens (including phenoxy) is 1. The fourth-order valence-corrected chi connectivity index (χ4v) is 3.47. The van der Waals surface area contributed by atoms with Gasteiger partial charge in [-0.2, -0.15) is 0 Å². The predicted molar refractivity (Wildman–Crippen MR) is 110 cm³/mol. The molecule has 1 saturated heterocycles. The van der Waals surface area contributed by atoms with E-state index in [1.165, 1.54) is 0 Å². The molecule has 2 heterocycles. The summed E-state index contributed by atoms with van der Waals surface area (Å²) in [6.45, 7) is 10.1. The number of amides is 2. The van der Waals surface area contributed by atoms with E-state index in [1.54, 1.807) is 7.11 Å². The molecule has 7 heteroatoms. The van der Waals surface area contributed by atoms with Crippen molar-refractivity contribution in [2.45, 2.75) is 32.9 Å². The van der Waals surface area contributed by atoms with Crippen molar-refractivity contribution in [3.05, 3.63) is 48.0 Å². The van der Waals surface area contributed by atoms with Gasteiger partial charge in [0.25, 0.3) is 0 Å². The molecule has 152 valence electrons. The minimum Gasteiger partial charge on any atom is -0.497 e. The smallest absolute Gasteiger partial charge is 0.317 e. The van der Waals surface area contributed by atoms with Crippen molar-refractivity contribution in [2.75, 3.05) is 39.8 Å². The zero-order valence-corrected chi connectivity index (χ0v) is 17.1. The lowest BCUT2D eigenvalue weighted by atomic mass is 10.2. The third-order valence-corrected chi connectivity index (χ3v) is 5.18. The van der Waals surface area contributed by atoms with Gasteiger partial charge in [-0.25, -0.2) is 9.78 Å². The molecule has 0 radical (unpaired) electrons. The van der Waals surface area contributed by atoms with Gasteiger partial charge in [0.15, 0.2) is 0 Å². The van der Waals surface area contributed by atoms with Crippen molar-refractivity contribution in [3.63, 3.8) is 0 Å². The second kappa shape index (κ2) is 9.59. The fraction of sp³-hybridized carbons (Fsp3) is 0.524. The molecule has 1 N–H and O–H groups in total. The zero-order chi connectivity index (χ0) is 19.9. The van der Waals surface area contributed by atoms with Crippen LogP contribution in [0.3, 0.4) is 0 Å². The maximum absolute atomic E-state index is 12.4. The average Bonchev–Trinajstić information content (AvgIpc) is 3.20. The van der Waals surface area contributed by atoms with Gasteiger partial charge in [0, 0.05) is 64.1 Å². The van der Waals surface area contributed by atoms with Gasteiger partial charge in [-0.15, -0.1) is 0 Å². The molecule has 1 fully saturated rings. The standard InChI is InChI=1S/C21H31N5O2/c1-17(2)20-22-8-9-25(20)13-10-24-11-14-26(15-12-24)21(27)23-16-18-4-6-19(28-3)7-5-18/h4-9,17H,10-16H2,1-3H3,(H,23,27). The summed E-state index contributed by atoms with van der Waals surface area (Å²) in [6, 6.07) is 7.76. The molecule has 0 unspecified atom stereocenters. The molecular weight excluding hydrogens is 354 g/mol. The highest BCUT2D eigenvalue weighted by Crippen LogP contribution is 2.13. The quantitative estimate of drug-likeness (QED) is 0.796. The molecule has 1 aromatic heterocycles. The Labute approximate surface area is 167 Å². The van der Waals surface area contributed by atoms with Gasteiger partial charge in [0.05, 0.1) is 7.11 Å². The summed E-state index contributed by atoms with van der Waals surface area (Å²) in [7, 11) is 1.65. The van der Waals surface area contributed by atoms with Crippen LogP contribution in [0.15, 0.2) is 36.7 Å². The Morgan fingerprint density at radius 2 is 1.86 bits per heavy atom. The van der Waals surface area contributed by atoms with E-state index in [2.05, 4.69) is 39.8 Å². The SMILES string of the molecule is COc1ccc(CNC(=O)N2CCN(CCn3ccnc3C(C)C)CC2)cc1. The number of rotatable bonds is 7. The average molecular weight is 386 g/mol. The van der Waals surface area contributed by atoms with Crippen LogP contribution in [0.4, 0.5) is 4.79 Å². The molecule has 2 aromatic rings. The highest BCUT2D eigenvalue weighted by atomic mass is 16.5. The van der Waals surface area contributed by atoms with Crippen molar-refractivity contribution in [3.8, 4) is 5.75 Å². The first-order valence-electron chi connectivity index (χ1n) is 9.96. The van der Waals surface area contributed by atoms with Crippen LogP contribution in [-0.4, -0.2) is 65.2 Å². The molecule has 0 bridgehead atoms. The number of piperazine rings is 1. The second-order valence-electron chi connectivity index (χ2n) is 7.47. The van der Waals surface area contributed by atoms with Crippen molar-refractivity contribution >= 4 is 6.03 Å². The van der Waals surface area contributed by atoms with E-state index in [4.69, 9.17) is 4.74 Å².